The Kier molecular flexibility index (Phi) is 8.70. The van der Waals surface area contributed by atoms with Crippen molar-refractivity contribution < 1.29 is 28.5 Å². The first-order chi connectivity index (χ1) is 23.2. The molecule has 2 aromatic heterocycles. The molecule has 11 nitrogen and oxygen atoms in total. The number of aromatic nitrogens is 1. The Labute approximate surface area is 277 Å². The molecule has 1 fully saturated rings. The zero-order valence-corrected chi connectivity index (χ0v) is 26.9. The number of benzene rings is 2. The van der Waals surface area contributed by atoms with Gasteiger partial charge in [-0.05, 0) is 53.3 Å². The molecule has 3 atom stereocenters. The van der Waals surface area contributed by atoms with Gasteiger partial charge in [-0.1, -0.05) is 24.3 Å². The molecule has 0 radical (unpaired) electrons. The molecule has 2 aromatic carbocycles. The number of fused-ring (bicyclic) bond motifs is 5. The van der Waals surface area contributed by atoms with Gasteiger partial charge >= 0.3 is 0 Å². The van der Waals surface area contributed by atoms with Gasteiger partial charge in [-0.15, -0.1) is 0 Å². The fraction of sp³-hybridized carbons (Fsp3) is 0.378. The molecule has 3 N–H and O–H groups in total. The van der Waals surface area contributed by atoms with Crippen molar-refractivity contribution in [3.05, 3.63) is 115 Å². The summed E-state index contributed by atoms with van der Waals surface area (Å²) in [5.74, 6) is 0.666. The van der Waals surface area contributed by atoms with E-state index >= 15 is 0 Å². The number of pyridine rings is 1. The van der Waals surface area contributed by atoms with E-state index in [9.17, 15) is 19.5 Å². The maximum Gasteiger partial charge on any atom is 0.250 e. The Morgan fingerprint density at radius 1 is 1.06 bits per heavy atom. The molecule has 5 heterocycles. The van der Waals surface area contributed by atoms with Crippen LogP contribution in [0.3, 0.4) is 0 Å². The predicted octanol–water partition coefficient (Wildman–Crippen LogP) is 3.70. The van der Waals surface area contributed by atoms with E-state index in [-0.39, 0.29) is 29.6 Å². The van der Waals surface area contributed by atoms with Gasteiger partial charge in [-0.3, -0.25) is 19.3 Å². The number of carbonyl (C=O) groups excluding carboxylic acids is 1. The lowest BCUT2D eigenvalue weighted by atomic mass is 9.83. The molecule has 3 aliphatic heterocycles. The van der Waals surface area contributed by atoms with Gasteiger partial charge in [0.2, 0.25) is 17.1 Å². The number of piperidine rings is 1. The first-order valence-corrected chi connectivity index (χ1v) is 16.4. The van der Waals surface area contributed by atoms with Gasteiger partial charge in [0.15, 0.2) is 17.3 Å². The predicted molar refractivity (Wildman–Crippen MR) is 177 cm³/mol. The Balaban J connectivity index is 1.13. The van der Waals surface area contributed by atoms with Crippen LogP contribution in [0.25, 0.3) is 0 Å². The van der Waals surface area contributed by atoms with Crippen LogP contribution in [0, 0.1) is 5.92 Å². The monoisotopic (exact) mass is 653 g/mol. The zero-order chi connectivity index (χ0) is 33.4. The van der Waals surface area contributed by atoms with Crippen molar-refractivity contribution in [2.45, 2.75) is 50.6 Å². The van der Waals surface area contributed by atoms with Crippen LogP contribution in [0.5, 0.6) is 23.0 Å². The molecule has 1 amide bonds. The first-order valence-electron chi connectivity index (χ1n) is 16.4. The summed E-state index contributed by atoms with van der Waals surface area (Å²) in [6, 6.07) is 18.1. The average molecular weight is 654 g/mol. The third kappa shape index (κ3) is 6.42. The number of nitrogens with two attached hydrogens (primary N) is 1. The van der Waals surface area contributed by atoms with E-state index in [4.69, 9.17) is 24.4 Å². The van der Waals surface area contributed by atoms with E-state index in [0.717, 1.165) is 36.4 Å². The van der Waals surface area contributed by atoms with Crippen LogP contribution in [0.4, 0.5) is 0 Å². The highest BCUT2D eigenvalue weighted by atomic mass is 16.5. The number of hydrogen-bond acceptors (Lipinski definition) is 9. The minimum atomic E-state index is -0.848. The highest BCUT2D eigenvalue weighted by Gasteiger charge is 2.35. The molecule has 2 bridgehead atoms. The molecule has 11 heteroatoms. The summed E-state index contributed by atoms with van der Waals surface area (Å²) < 4.78 is 25.5. The van der Waals surface area contributed by atoms with E-state index in [1.165, 1.54) is 11.6 Å². The van der Waals surface area contributed by atoms with Crippen LogP contribution in [-0.2, 0) is 30.7 Å². The minimum Gasteiger partial charge on any atom is -0.502 e. The number of likely N-dealkylation sites (tertiary alicyclic amines) is 1. The summed E-state index contributed by atoms with van der Waals surface area (Å²) in [6.45, 7) is 3.48. The number of nitrogens with zero attached hydrogens (tertiary/aromatic N) is 2. The summed E-state index contributed by atoms with van der Waals surface area (Å²) in [4.78, 5) is 40.1. The number of carbonyl (C=O) groups is 1. The molecule has 1 saturated heterocycles. The van der Waals surface area contributed by atoms with Crippen LogP contribution in [0.1, 0.15) is 58.6 Å². The van der Waals surface area contributed by atoms with Crippen LogP contribution < -0.4 is 30.9 Å². The van der Waals surface area contributed by atoms with Gasteiger partial charge < -0.3 is 34.0 Å². The number of ether oxygens (including phenoxy) is 3. The maximum atomic E-state index is 13.1. The molecule has 3 aliphatic rings. The van der Waals surface area contributed by atoms with Crippen molar-refractivity contribution in [3.8, 4) is 23.0 Å². The van der Waals surface area contributed by atoms with E-state index in [2.05, 4.69) is 11.0 Å². The number of methoxy groups -OCH3 is 1. The third-order valence-electron chi connectivity index (χ3n) is 9.65. The van der Waals surface area contributed by atoms with E-state index in [1.54, 1.807) is 37.4 Å². The lowest BCUT2D eigenvalue weighted by molar-refractivity contribution is -0.118. The Morgan fingerprint density at radius 3 is 2.77 bits per heavy atom. The molecule has 3 unspecified atom stereocenters. The molecule has 0 aliphatic carbocycles. The SMILES string of the molecule is COc1ccc(C(CC(N)=O)c2oc(CN3CC4CC(C3)c3cccc(=O)n3C4)cc(=O)c2O)cc1OCCc1ccc2c(c1)CCO2. The average Bonchev–Trinajstić information content (AvgIpc) is 3.54. The summed E-state index contributed by atoms with van der Waals surface area (Å²) in [5, 5.41) is 11.0. The highest BCUT2D eigenvalue weighted by Crippen LogP contribution is 2.39. The van der Waals surface area contributed by atoms with E-state index < -0.39 is 23.0 Å². The van der Waals surface area contributed by atoms with Gasteiger partial charge in [0.1, 0.15) is 11.5 Å². The van der Waals surface area contributed by atoms with Crippen molar-refractivity contribution >= 4 is 5.91 Å². The highest BCUT2D eigenvalue weighted by molar-refractivity contribution is 5.75. The van der Waals surface area contributed by atoms with Crippen LogP contribution >= 0.6 is 0 Å². The third-order valence-corrected chi connectivity index (χ3v) is 9.65. The van der Waals surface area contributed by atoms with Crippen molar-refractivity contribution in [1.29, 1.82) is 0 Å². The molecule has 250 valence electrons. The minimum absolute atomic E-state index is 0.0204. The van der Waals surface area contributed by atoms with Crippen LogP contribution in [0.2, 0.25) is 0 Å². The second kappa shape index (κ2) is 13.2. The van der Waals surface area contributed by atoms with Gasteiger partial charge in [-0.2, -0.15) is 0 Å². The summed E-state index contributed by atoms with van der Waals surface area (Å²) in [5.41, 5.74) is 9.02. The molecule has 7 rings (SSSR count). The van der Waals surface area contributed by atoms with Crippen molar-refractivity contribution in [3.63, 3.8) is 0 Å². The molecule has 0 spiro atoms. The van der Waals surface area contributed by atoms with E-state index in [1.807, 2.05) is 22.8 Å². The van der Waals surface area contributed by atoms with Gasteiger partial charge in [-0.25, -0.2) is 0 Å². The molecule has 0 saturated carbocycles. The van der Waals surface area contributed by atoms with Gasteiger partial charge in [0.25, 0.3) is 5.56 Å². The quantitative estimate of drug-likeness (QED) is 0.247. The number of amides is 1. The standard InChI is InChI=1S/C37H39N3O8/c1-45-32-8-6-24(15-33(32)47-11-9-22-5-7-31-25(13-22)10-12-46-31)28(17-34(38)42)37-36(44)30(41)16-27(48-37)21-39-18-23-14-26(20-39)29-3-2-4-35(43)40(29)19-23/h2-8,13,15-16,23,26,28,44H,9-12,14,17-21H2,1H3,(H2,38,42). The van der Waals surface area contributed by atoms with Crippen molar-refractivity contribution in [2.24, 2.45) is 11.7 Å². The number of aromatic hydroxyl groups is 1. The Morgan fingerprint density at radius 2 is 1.94 bits per heavy atom. The van der Waals surface area contributed by atoms with Crippen LogP contribution in [0.15, 0.2) is 74.7 Å². The topological polar surface area (TPSA) is 146 Å². The molecular weight excluding hydrogens is 614 g/mol. The van der Waals surface area contributed by atoms with Crippen LogP contribution in [-0.4, -0.2) is 53.9 Å². The lowest BCUT2D eigenvalue weighted by Crippen LogP contribution is -2.46. The van der Waals surface area contributed by atoms with E-state index in [0.29, 0.717) is 62.1 Å². The smallest absolute Gasteiger partial charge is 0.250 e. The summed E-state index contributed by atoms with van der Waals surface area (Å²) >= 11 is 0. The second-order valence-electron chi connectivity index (χ2n) is 13.0. The van der Waals surface area contributed by atoms with Gasteiger partial charge in [0, 0.05) is 62.6 Å². The Bertz CT molecular complexity index is 1970. The lowest BCUT2D eigenvalue weighted by Gasteiger charge is -2.42. The Hall–Kier alpha value is -5.03. The fourth-order valence-corrected chi connectivity index (χ4v) is 7.47. The molecule has 48 heavy (non-hydrogen) atoms. The normalized spacial score (nSPS) is 18.8. The van der Waals surface area contributed by atoms with Gasteiger partial charge in [0.05, 0.1) is 32.8 Å². The van der Waals surface area contributed by atoms with Crippen molar-refractivity contribution in [1.82, 2.24) is 9.47 Å². The molecule has 4 aromatic rings. The second-order valence-corrected chi connectivity index (χ2v) is 13.0. The number of rotatable bonds is 11. The largest absolute Gasteiger partial charge is 0.502 e. The molecular formula is C37H39N3O8. The first kappa shape index (κ1) is 31.6. The number of hydrogen-bond donors (Lipinski definition) is 2. The summed E-state index contributed by atoms with van der Waals surface area (Å²) in [7, 11) is 1.54. The fourth-order valence-electron chi connectivity index (χ4n) is 7.47. The summed E-state index contributed by atoms with van der Waals surface area (Å²) in [6.07, 6.45) is 2.34. The van der Waals surface area contributed by atoms with Crippen molar-refractivity contribution in [2.75, 3.05) is 33.4 Å². The zero-order valence-electron chi connectivity index (χ0n) is 26.9. The maximum absolute atomic E-state index is 13.1. The number of primary amides is 1.